The molecule has 0 fully saturated rings. The van der Waals surface area contributed by atoms with Crippen LogP contribution in [-0.2, 0) is 9.47 Å². The first-order chi connectivity index (χ1) is 8.19. The van der Waals surface area contributed by atoms with Crippen LogP contribution in [0, 0.1) is 0 Å². The van der Waals surface area contributed by atoms with Gasteiger partial charge >= 0.3 is 5.97 Å². The Balaban J connectivity index is 2.73. The Kier molecular flexibility index (Phi) is 6.00. The van der Waals surface area contributed by atoms with Crippen molar-refractivity contribution in [3.05, 3.63) is 28.2 Å². The molecule has 5 heteroatoms. The van der Waals surface area contributed by atoms with E-state index in [0.717, 1.165) is 10.9 Å². The molecule has 17 heavy (non-hydrogen) atoms. The van der Waals surface area contributed by atoms with Gasteiger partial charge in [0.05, 0.1) is 13.7 Å². The summed E-state index contributed by atoms with van der Waals surface area (Å²) >= 11 is 3.33. The number of esters is 1. The minimum Gasteiger partial charge on any atom is -0.493 e. The molecule has 0 spiro atoms. The van der Waals surface area contributed by atoms with Crippen LogP contribution in [0.2, 0.25) is 0 Å². The Labute approximate surface area is 109 Å². The Morgan fingerprint density at radius 2 is 2.06 bits per heavy atom. The van der Waals surface area contributed by atoms with Gasteiger partial charge in [0, 0.05) is 24.6 Å². The molecule has 0 aliphatic carbocycles. The van der Waals surface area contributed by atoms with Gasteiger partial charge in [-0.1, -0.05) is 15.9 Å². The molecule has 0 saturated carbocycles. The second kappa shape index (κ2) is 7.29. The molecule has 0 amide bonds. The third-order valence-electron chi connectivity index (χ3n) is 2.10. The van der Waals surface area contributed by atoms with E-state index in [-0.39, 0.29) is 0 Å². The predicted molar refractivity (Wildman–Crippen MR) is 67.5 cm³/mol. The fourth-order valence-electron chi connectivity index (χ4n) is 1.28. The van der Waals surface area contributed by atoms with Crippen molar-refractivity contribution >= 4 is 21.9 Å². The third kappa shape index (κ3) is 4.36. The molecule has 0 bridgehead atoms. The zero-order chi connectivity index (χ0) is 12.7. The molecule has 0 radical (unpaired) electrons. The highest BCUT2D eigenvalue weighted by Gasteiger charge is 2.13. The maximum Gasteiger partial charge on any atom is 0.341 e. The van der Waals surface area contributed by atoms with Crippen molar-refractivity contribution in [2.75, 3.05) is 27.4 Å². The maximum absolute atomic E-state index is 11.5. The zero-order valence-corrected chi connectivity index (χ0v) is 11.5. The second-order valence-corrected chi connectivity index (χ2v) is 4.24. The van der Waals surface area contributed by atoms with E-state index in [9.17, 15) is 4.79 Å². The lowest BCUT2D eigenvalue weighted by Gasteiger charge is -2.10. The van der Waals surface area contributed by atoms with Gasteiger partial charge < -0.3 is 14.2 Å². The summed E-state index contributed by atoms with van der Waals surface area (Å²) in [5.74, 6) is 0.113. The highest BCUT2D eigenvalue weighted by Crippen LogP contribution is 2.24. The van der Waals surface area contributed by atoms with E-state index in [1.165, 1.54) is 7.11 Å². The molecule has 0 atom stereocenters. The van der Waals surface area contributed by atoms with Crippen molar-refractivity contribution < 1.29 is 19.0 Å². The van der Waals surface area contributed by atoms with Gasteiger partial charge in [-0.15, -0.1) is 0 Å². The van der Waals surface area contributed by atoms with Gasteiger partial charge in [-0.3, -0.25) is 0 Å². The van der Waals surface area contributed by atoms with Gasteiger partial charge in [0.15, 0.2) is 0 Å². The average Bonchev–Trinajstić information content (AvgIpc) is 2.34. The van der Waals surface area contributed by atoms with E-state index in [0.29, 0.717) is 24.5 Å². The molecular formula is C12H15BrO4. The van der Waals surface area contributed by atoms with Crippen molar-refractivity contribution in [1.29, 1.82) is 0 Å². The number of hydrogen-bond acceptors (Lipinski definition) is 4. The van der Waals surface area contributed by atoms with E-state index in [4.69, 9.17) is 9.47 Å². The van der Waals surface area contributed by atoms with E-state index >= 15 is 0 Å². The summed E-state index contributed by atoms with van der Waals surface area (Å²) in [5.41, 5.74) is 0.424. The summed E-state index contributed by atoms with van der Waals surface area (Å²) in [5, 5.41) is 0. The third-order valence-corrected chi connectivity index (χ3v) is 2.59. The predicted octanol–water partition coefficient (Wildman–Crippen LogP) is 2.65. The quantitative estimate of drug-likeness (QED) is 0.598. The molecule has 0 heterocycles. The lowest BCUT2D eigenvalue weighted by atomic mass is 10.2. The van der Waals surface area contributed by atoms with Crippen LogP contribution in [0.3, 0.4) is 0 Å². The van der Waals surface area contributed by atoms with Crippen LogP contribution in [0.25, 0.3) is 0 Å². The number of carbonyl (C=O) groups excluding carboxylic acids is 1. The van der Waals surface area contributed by atoms with Crippen LogP contribution in [0.4, 0.5) is 0 Å². The molecule has 1 aromatic rings. The lowest BCUT2D eigenvalue weighted by Crippen LogP contribution is -2.07. The first-order valence-electron chi connectivity index (χ1n) is 5.18. The Bertz CT molecular complexity index is 379. The highest BCUT2D eigenvalue weighted by molar-refractivity contribution is 9.10. The highest BCUT2D eigenvalue weighted by atomic mass is 79.9. The van der Waals surface area contributed by atoms with Crippen molar-refractivity contribution in [1.82, 2.24) is 0 Å². The molecule has 1 rings (SSSR count). The van der Waals surface area contributed by atoms with Crippen LogP contribution >= 0.6 is 15.9 Å². The Morgan fingerprint density at radius 1 is 1.29 bits per heavy atom. The normalized spacial score (nSPS) is 10.1. The standard InChI is InChI=1S/C12H15BrO4/c1-15-6-3-7-17-11-8-9(13)4-5-10(11)12(14)16-2/h4-5,8H,3,6-7H2,1-2H3. The maximum atomic E-state index is 11.5. The molecule has 0 aliphatic rings. The first-order valence-corrected chi connectivity index (χ1v) is 5.98. The minimum atomic E-state index is -0.403. The van der Waals surface area contributed by atoms with Gasteiger partial charge in [0.1, 0.15) is 11.3 Å². The van der Waals surface area contributed by atoms with Crippen LogP contribution in [0.1, 0.15) is 16.8 Å². The van der Waals surface area contributed by atoms with Crippen molar-refractivity contribution in [3.63, 3.8) is 0 Å². The van der Waals surface area contributed by atoms with Crippen molar-refractivity contribution in [2.45, 2.75) is 6.42 Å². The second-order valence-electron chi connectivity index (χ2n) is 3.33. The van der Waals surface area contributed by atoms with Gasteiger partial charge in [-0.2, -0.15) is 0 Å². The molecule has 0 saturated heterocycles. The summed E-state index contributed by atoms with van der Waals surface area (Å²) in [4.78, 5) is 11.5. The van der Waals surface area contributed by atoms with Crippen LogP contribution in [0.15, 0.2) is 22.7 Å². The fraction of sp³-hybridized carbons (Fsp3) is 0.417. The van der Waals surface area contributed by atoms with Crippen molar-refractivity contribution in [3.8, 4) is 5.75 Å². The number of methoxy groups -OCH3 is 2. The molecule has 0 N–H and O–H groups in total. The van der Waals surface area contributed by atoms with Crippen LogP contribution < -0.4 is 4.74 Å². The smallest absolute Gasteiger partial charge is 0.341 e. The molecule has 0 unspecified atom stereocenters. The molecule has 0 aliphatic heterocycles. The fourth-order valence-corrected chi connectivity index (χ4v) is 1.62. The summed E-state index contributed by atoms with van der Waals surface area (Å²) < 4.78 is 16.0. The van der Waals surface area contributed by atoms with Gasteiger partial charge in [0.25, 0.3) is 0 Å². The number of rotatable bonds is 6. The SMILES string of the molecule is COCCCOc1cc(Br)ccc1C(=O)OC. The lowest BCUT2D eigenvalue weighted by molar-refractivity contribution is 0.0595. The van der Waals surface area contributed by atoms with Crippen molar-refractivity contribution in [2.24, 2.45) is 0 Å². The van der Waals surface area contributed by atoms with Crippen LogP contribution in [0.5, 0.6) is 5.75 Å². The van der Waals surface area contributed by atoms with E-state index in [2.05, 4.69) is 20.7 Å². The first kappa shape index (κ1) is 14.0. The van der Waals surface area contributed by atoms with E-state index in [1.54, 1.807) is 25.3 Å². The number of ether oxygens (including phenoxy) is 3. The van der Waals surface area contributed by atoms with Gasteiger partial charge in [-0.05, 0) is 18.2 Å². The number of halogens is 1. The Morgan fingerprint density at radius 3 is 2.71 bits per heavy atom. The topological polar surface area (TPSA) is 44.8 Å². The number of benzene rings is 1. The monoisotopic (exact) mass is 302 g/mol. The summed E-state index contributed by atoms with van der Waals surface area (Å²) in [7, 11) is 2.98. The summed E-state index contributed by atoms with van der Waals surface area (Å²) in [6, 6.07) is 5.19. The Hall–Kier alpha value is -1.07. The largest absolute Gasteiger partial charge is 0.493 e. The molecule has 0 aromatic heterocycles. The molecule has 94 valence electrons. The molecular weight excluding hydrogens is 288 g/mol. The van der Waals surface area contributed by atoms with Gasteiger partial charge in [0.2, 0.25) is 0 Å². The number of hydrogen-bond donors (Lipinski definition) is 0. The van der Waals surface area contributed by atoms with E-state index < -0.39 is 5.97 Å². The van der Waals surface area contributed by atoms with Crippen LogP contribution in [-0.4, -0.2) is 33.4 Å². The molecule has 4 nitrogen and oxygen atoms in total. The summed E-state index contributed by atoms with van der Waals surface area (Å²) in [6.45, 7) is 1.12. The van der Waals surface area contributed by atoms with Gasteiger partial charge in [-0.25, -0.2) is 4.79 Å². The minimum absolute atomic E-state index is 0.403. The van der Waals surface area contributed by atoms with E-state index in [1.807, 2.05) is 0 Å². The number of carbonyl (C=O) groups is 1. The molecule has 1 aromatic carbocycles. The summed E-state index contributed by atoms with van der Waals surface area (Å²) in [6.07, 6.45) is 0.767. The zero-order valence-electron chi connectivity index (χ0n) is 9.86. The average molecular weight is 303 g/mol.